The number of amides is 1. The summed E-state index contributed by atoms with van der Waals surface area (Å²) in [6, 6.07) is 1.80. The Bertz CT molecular complexity index is 910. The van der Waals surface area contributed by atoms with Crippen LogP contribution in [0.15, 0.2) is 12.3 Å². The lowest BCUT2D eigenvalue weighted by Crippen LogP contribution is -2.20. The van der Waals surface area contributed by atoms with E-state index in [1.807, 2.05) is 13.8 Å². The maximum atomic E-state index is 12.5. The Balaban J connectivity index is 1.79. The average molecular weight is 342 g/mol. The maximum Gasteiger partial charge on any atom is 0.254 e. The molecular formula is C16H22N8O. The number of aryl methyl sites for hydroxylation is 3. The number of rotatable bonds is 6. The fourth-order valence-corrected chi connectivity index (χ4v) is 2.75. The quantitative estimate of drug-likeness (QED) is 0.701. The van der Waals surface area contributed by atoms with Gasteiger partial charge in [-0.15, -0.1) is 5.10 Å². The van der Waals surface area contributed by atoms with Crippen molar-refractivity contribution in [2.24, 2.45) is 0 Å². The molecule has 0 aromatic carbocycles. The van der Waals surface area contributed by atoms with Gasteiger partial charge in [0.05, 0.1) is 12.6 Å². The van der Waals surface area contributed by atoms with Crippen LogP contribution in [0.25, 0.3) is 5.78 Å². The second kappa shape index (κ2) is 6.88. The van der Waals surface area contributed by atoms with Crippen molar-refractivity contribution in [3.05, 3.63) is 29.2 Å². The van der Waals surface area contributed by atoms with Gasteiger partial charge in [-0.2, -0.15) is 14.6 Å². The summed E-state index contributed by atoms with van der Waals surface area (Å²) in [7, 11) is 0. The molecule has 0 saturated carbocycles. The van der Waals surface area contributed by atoms with E-state index in [0.29, 0.717) is 11.6 Å². The Hall–Kier alpha value is -2.97. The number of fused-ring (bicyclic) bond motifs is 1. The van der Waals surface area contributed by atoms with Crippen molar-refractivity contribution in [3.63, 3.8) is 0 Å². The van der Waals surface area contributed by atoms with Crippen molar-refractivity contribution in [1.82, 2.24) is 29.4 Å². The highest BCUT2D eigenvalue weighted by atomic mass is 16.1. The number of nitrogen functional groups attached to an aromatic ring is 1. The number of nitrogens with zero attached hydrogens (tertiary/aromatic N) is 6. The minimum atomic E-state index is -0.126. The highest BCUT2D eigenvalue weighted by Crippen LogP contribution is 2.16. The van der Waals surface area contributed by atoms with Gasteiger partial charge >= 0.3 is 0 Å². The molecule has 25 heavy (non-hydrogen) atoms. The fraction of sp³-hybridized carbons (Fsp3) is 0.438. The molecule has 3 rings (SSSR count). The molecule has 0 fully saturated rings. The number of carbonyl (C=O) groups is 1. The molecule has 0 aliphatic carbocycles. The lowest BCUT2D eigenvalue weighted by Gasteiger charge is -2.11. The number of hydrogen-bond donors (Lipinski definition) is 2. The molecule has 3 N–H and O–H groups in total. The molecule has 0 saturated heterocycles. The molecule has 0 unspecified atom stereocenters. The Kier molecular flexibility index (Phi) is 4.64. The first-order valence-corrected chi connectivity index (χ1v) is 8.29. The molecule has 0 aliphatic heterocycles. The molecule has 0 atom stereocenters. The van der Waals surface area contributed by atoms with Crippen LogP contribution in [0.1, 0.15) is 36.7 Å². The minimum Gasteiger partial charge on any atom is -0.366 e. The van der Waals surface area contributed by atoms with E-state index in [1.165, 1.54) is 0 Å². The van der Waals surface area contributed by atoms with E-state index in [4.69, 9.17) is 5.73 Å². The maximum absolute atomic E-state index is 12.5. The number of nitrogens with two attached hydrogens (primary N) is 1. The molecule has 0 spiro atoms. The molecule has 3 aromatic heterocycles. The minimum absolute atomic E-state index is 0.126. The molecule has 9 heteroatoms. The standard InChI is InChI=1S/C16H22N8O/c1-4-5-8-23-13(6-7-18-23)20-14(25)9-12-10(2)19-16-21-15(17)22-24(16)11(12)3/h6-7H,4-5,8-9H2,1-3H3,(H2,17,22)(H,20,25). The van der Waals surface area contributed by atoms with Crippen LogP contribution in [0, 0.1) is 13.8 Å². The van der Waals surface area contributed by atoms with Crippen LogP contribution in [0.5, 0.6) is 0 Å². The predicted molar refractivity (Wildman–Crippen MR) is 94.1 cm³/mol. The summed E-state index contributed by atoms with van der Waals surface area (Å²) >= 11 is 0. The Morgan fingerprint density at radius 3 is 2.88 bits per heavy atom. The van der Waals surface area contributed by atoms with E-state index in [9.17, 15) is 4.79 Å². The van der Waals surface area contributed by atoms with Crippen LogP contribution < -0.4 is 11.1 Å². The molecule has 132 valence electrons. The van der Waals surface area contributed by atoms with E-state index >= 15 is 0 Å². The first-order valence-electron chi connectivity index (χ1n) is 8.29. The van der Waals surface area contributed by atoms with Crippen LogP contribution in [0.3, 0.4) is 0 Å². The van der Waals surface area contributed by atoms with Gasteiger partial charge in [-0.05, 0) is 20.3 Å². The van der Waals surface area contributed by atoms with E-state index in [0.717, 1.165) is 36.3 Å². The van der Waals surface area contributed by atoms with Gasteiger partial charge in [0.2, 0.25) is 11.9 Å². The third-order valence-electron chi connectivity index (χ3n) is 4.11. The van der Waals surface area contributed by atoms with E-state index in [2.05, 4.69) is 32.4 Å². The smallest absolute Gasteiger partial charge is 0.254 e. The second-order valence-corrected chi connectivity index (χ2v) is 5.96. The number of hydrogen-bond acceptors (Lipinski definition) is 6. The van der Waals surface area contributed by atoms with Crippen LogP contribution in [0.4, 0.5) is 11.8 Å². The first kappa shape index (κ1) is 16.9. The zero-order chi connectivity index (χ0) is 18.0. The van der Waals surface area contributed by atoms with Crippen molar-refractivity contribution in [1.29, 1.82) is 0 Å². The molecule has 1 amide bonds. The van der Waals surface area contributed by atoms with Gasteiger partial charge < -0.3 is 11.1 Å². The SMILES string of the molecule is CCCCn1nccc1NC(=O)Cc1c(C)nc2nc(N)nn2c1C. The van der Waals surface area contributed by atoms with E-state index in [1.54, 1.807) is 21.5 Å². The summed E-state index contributed by atoms with van der Waals surface area (Å²) in [5.74, 6) is 1.18. The molecule has 0 aliphatic rings. The normalized spacial score (nSPS) is 11.2. The highest BCUT2D eigenvalue weighted by Gasteiger charge is 2.16. The van der Waals surface area contributed by atoms with Crippen molar-refractivity contribution in [3.8, 4) is 0 Å². The van der Waals surface area contributed by atoms with Crippen LogP contribution >= 0.6 is 0 Å². The van der Waals surface area contributed by atoms with E-state index in [-0.39, 0.29) is 18.3 Å². The largest absolute Gasteiger partial charge is 0.366 e. The van der Waals surface area contributed by atoms with Crippen LogP contribution in [-0.2, 0) is 17.8 Å². The summed E-state index contributed by atoms with van der Waals surface area (Å²) in [5, 5.41) is 11.3. The van der Waals surface area contributed by atoms with Crippen molar-refractivity contribution in [2.75, 3.05) is 11.1 Å². The van der Waals surface area contributed by atoms with Gasteiger partial charge in [-0.25, -0.2) is 9.67 Å². The zero-order valence-electron chi connectivity index (χ0n) is 14.7. The number of anilines is 2. The number of nitrogens with one attached hydrogen (secondary N) is 1. The van der Waals surface area contributed by atoms with Gasteiger partial charge in [0.1, 0.15) is 5.82 Å². The van der Waals surface area contributed by atoms with Gasteiger partial charge in [-0.1, -0.05) is 13.3 Å². The highest BCUT2D eigenvalue weighted by molar-refractivity contribution is 5.91. The Morgan fingerprint density at radius 2 is 2.12 bits per heavy atom. The van der Waals surface area contributed by atoms with Crippen molar-refractivity contribution >= 4 is 23.5 Å². The summed E-state index contributed by atoms with van der Waals surface area (Å²) in [6.45, 7) is 6.63. The number of aromatic nitrogens is 6. The summed E-state index contributed by atoms with van der Waals surface area (Å²) in [6.07, 6.45) is 3.96. The Morgan fingerprint density at radius 1 is 1.32 bits per heavy atom. The molecule has 0 radical (unpaired) electrons. The lowest BCUT2D eigenvalue weighted by molar-refractivity contribution is -0.115. The van der Waals surface area contributed by atoms with Crippen molar-refractivity contribution < 1.29 is 4.79 Å². The number of carbonyl (C=O) groups excluding carboxylic acids is 1. The molecule has 3 heterocycles. The molecular weight excluding hydrogens is 320 g/mol. The third kappa shape index (κ3) is 3.44. The predicted octanol–water partition coefficient (Wildman–Crippen LogP) is 1.50. The molecule has 9 nitrogen and oxygen atoms in total. The lowest BCUT2D eigenvalue weighted by atomic mass is 10.1. The van der Waals surface area contributed by atoms with Gasteiger partial charge in [0.25, 0.3) is 5.78 Å². The van der Waals surface area contributed by atoms with Gasteiger partial charge in [0.15, 0.2) is 0 Å². The number of unbranched alkanes of at least 4 members (excludes halogenated alkanes) is 1. The van der Waals surface area contributed by atoms with E-state index < -0.39 is 0 Å². The second-order valence-electron chi connectivity index (χ2n) is 5.96. The first-order chi connectivity index (χ1) is 12.0. The monoisotopic (exact) mass is 342 g/mol. The summed E-state index contributed by atoms with van der Waals surface area (Å²) < 4.78 is 3.37. The van der Waals surface area contributed by atoms with Crippen LogP contribution in [-0.4, -0.2) is 35.3 Å². The van der Waals surface area contributed by atoms with Gasteiger partial charge in [0, 0.05) is 29.6 Å². The van der Waals surface area contributed by atoms with Gasteiger partial charge in [-0.3, -0.25) is 4.79 Å². The third-order valence-corrected chi connectivity index (χ3v) is 4.11. The average Bonchev–Trinajstić information content (AvgIpc) is 3.15. The topological polar surface area (TPSA) is 116 Å². The van der Waals surface area contributed by atoms with Crippen LogP contribution in [0.2, 0.25) is 0 Å². The molecule has 3 aromatic rings. The van der Waals surface area contributed by atoms with Crippen molar-refractivity contribution in [2.45, 2.75) is 46.6 Å². The fourth-order valence-electron chi connectivity index (χ4n) is 2.75. The molecule has 0 bridgehead atoms. The Labute approximate surface area is 145 Å². The zero-order valence-corrected chi connectivity index (χ0v) is 14.7. The summed E-state index contributed by atoms with van der Waals surface area (Å²) in [5.41, 5.74) is 8.00. The summed E-state index contributed by atoms with van der Waals surface area (Å²) in [4.78, 5) is 20.9.